The van der Waals surface area contributed by atoms with E-state index in [1.54, 1.807) is 0 Å². The molecule has 2 N–H and O–H groups in total. The van der Waals surface area contributed by atoms with Crippen molar-refractivity contribution in [1.29, 1.82) is 0 Å². The number of nitrogens with one attached hydrogen (secondary N) is 1. The molecule has 1 fully saturated rings. The fourth-order valence-corrected chi connectivity index (χ4v) is 3.64. The smallest absolute Gasteiger partial charge is 0.342 e. The summed E-state index contributed by atoms with van der Waals surface area (Å²) in [6.45, 7) is 0. The molecule has 0 aromatic carbocycles. The minimum absolute atomic E-state index is 0.0590. The zero-order valence-corrected chi connectivity index (χ0v) is 11.0. The Kier molecular flexibility index (Phi) is 3.57. The van der Waals surface area contributed by atoms with Crippen LogP contribution in [-0.4, -0.2) is 46.9 Å². The van der Waals surface area contributed by atoms with Crippen LogP contribution in [0.1, 0.15) is 16.8 Å². The van der Waals surface area contributed by atoms with E-state index in [-0.39, 0.29) is 23.4 Å². The summed E-state index contributed by atoms with van der Waals surface area (Å²) in [6, 6.07) is 0.668. The molecular formula is C10H11N3O6S. The summed E-state index contributed by atoms with van der Waals surface area (Å²) in [5.41, 5.74) is -1.10. The average Bonchev–Trinajstić information content (AvgIpc) is 2.68. The summed E-state index contributed by atoms with van der Waals surface area (Å²) in [5, 5.41) is 22.4. The van der Waals surface area contributed by atoms with Gasteiger partial charge in [0.2, 0.25) is 0 Å². The molecule has 0 spiro atoms. The first-order valence-corrected chi connectivity index (χ1v) is 7.45. The molecule has 1 aliphatic rings. The van der Waals surface area contributed by atoms with Gasteiger partial charge < -0.3 is 10.4 Å². The van der Waals surface area contributed by atoms with Gasteiger partial charge in [-0.25, -0.2) is 18.2 Å². The molecule has 2 heterocycles. The average molecular weight is 301 g/mol. The van der Waals surface area contributed by atoms with Gasteiger partial charge in [0.15, 0.2) is 9.84 Å². The Bertz CT molecular complexity index is 672. The number of aromatic nitrogens is 1. The van der Waals surface area contributed by atoms with Crippen molar-refractivity contribution < 1.29 is 23.2 Å². The summed E-state index contributed by atoms with van der Waals surface area (Å²) in [5.74, 6) is -1.34. The third-order valence-corrected chi connectivity index (χ3v) is 4.66. The number of pyridine rings is 1. The Morgan fingerprint density at radius 1 is 1.55 bits per heavy atom. The number of carbonyl (C=O) groups is 1. The molecule has 2 rings (SSSR count). The van der Waals surface area contributed by atoms with Gasteiger partial charge in [0, 0.05) is 12.1 Å². The monoisotopic (exact) mass is 301 g/mol. The van der Waals surface area contributed by atoms with Crippen molar-refractivity contribution >= 4 is 27.3 Å². The van der Waals surface area contributed by atoms with E-state index >= 15 is 0 Å². The number of rotatable bonds is 4. The molecule has 1 saturated heterocycles. The predicted molar refractivity (Wildman–Crippen MR) is 68.5 cm³/mol. The van der Waals surface area contributed by atoms with E-state index in [4.69, 9.17) is 5.11 Å². The zero-order valence-electron chi connectivity index (χ0n) is 10.1. The second kappa shape index (κ2) is 5.04. The molecule has 0 saturated carbocycles. The van der Waals surface area contributed by atoms with E-state index in [1.165, 1.54) is 0 Å². The molecule has 1 aliphatic heterocycles. The summed E-state index contributed by atoms with van der Waals surface area (Å²) < 4.78 is 22.6. The second-order valence-electron chi connectivity index (χ2n) is 4.39. The van der Waals surface area contributed by atoms with E-state index in [2.05, 4.69) is 10.3 Å². The molecule has 108 valence electrons. The highest BCUT2D eigenvalue weighted by Crippen LogP contribution is 2.22. The fraction of sp³-hybridized carbons (Fsp3) is 0.400. The van der Waals surface area contributed by atoms with Crippen molar-refractivity contribution in [3.8, 4) is 0 Å². The number of anilines is 1. The van der Waals surface area contributed by atoms with Crippen LogP contribution in [0.2, 0.25) is 0 Å². The number of carboxylic acid groups (broad SMARTS) is 1. The van der Waals surface area contributed by atoms with Crippen LogP contribution >= 0.6 is 0 Å². The van der Waals surface area contributed by atoms with E-state index in [1.807, 2.05) is 0 Å². The molecule has 1 atom stereocenters. The summed E-state index contributed by atoms with van der Waals surface area (Å²) in [4.78, 5) is 24.5. The first-order valence-electron chi connectivity index (χ1n) is 5.63. The third-order valence-electron chi connectivity index (χ3n) is 2.89. The number of hydrogen-bond donors (Lipinski definition) is 2. The van der Waals surface area contributed by atoms with Crippen LogP contribution in [0.3, 0.4) is 0 Å². The van der Waals surface area contributed by atoms with Crippen LogP contribution in [0.25, 0.3) is 0 Å². The predicted octanol–water partition coefficient (Wildman–Crippen LogP) is 0.287. The maximum atomic E-state index is 11.3. The molecule has 1 aromatic rings. The number of sulfone groups is 1. The van der Waals surface area contributed by atoms with E-state index < -0.39 is 32.0 Å². The van der Waals surface area contributed by atoms with Crippen molar-refractivity contribution in [2.75, 3.05) is 16.8 Å². The minimum Gasteiger partial charge on any atom is -0.477 e. The first-order chi connectivity index (χ1) is 9.28. The van der Waals surface area contributed by atoms with Gasteiger partial charge in [-0.2, -0.15) is 0 Å². The highest BCUT2D eigenvalue weighted by atomic mass is 32.2. The summed E-state index contributed by atoms with van der Waals surface area (Å²) in [6.07, 6.45) is 1.23. The molecule has 9 nitrogen and oxygen atoms in total. The number of hydrogen-bond acceptors (Lipinski definition) is 7. The lowest BCUT2D eigenvalue weighted by Gasteiger charge is -2.11. The molecule has 1 unspecified atom stereocenters. The van der Waals surface area contributed by atoms with Crippen LogP contribution in [0.15, 0.2) is 12.3 Å². The SMILES string of the molecule is O=C(O)c1cc(NC2CCS(=O)(=O)C2)ncc1[N+](=O)[O-]. The van der Waals surface area contributed by atoms with Gasteiger partial charge in [-0.05, 0) is 6.42 Å². The Morgan fingerprint density at radius 2 is 2.25 bits per heavy atom. The van der Waals surface area contributed by atoms with Gasteiger partial charge in [-0.3, -0.25) is 10.1 Å². The highest BCUT2D eigenvalue weighted by molar-refractivity contribution is 7.91. The Morgan fingerprint density at radius 3 is 2.75 bits per heavy atom. The van der Waals surface area contributed by atoms with Gasteiger partial charge in [-0.1, -0.05) is 0 Å². The maximum Gasteiger partial charge on any atom is 0.342 e. The lowest BCUT2D eigenvalue weighted by molar-refractivity contribution is -0.385. The Balaban J connectivity index is 2.24. The van der Waals surface area contributed by atoms with Crippen molar-refractivity contribution in [2.24, 2.45) is 0 Å². The fourth-order valence-electron chi connectivity index (χ4n) is 1.96. The Hall–Kier alpha value is -2.23. The number of aromatic carboxylic acids is 1. The molecule has 20 heavy (non-hydrogen) atoms. The third kappa shape index (κ3) is 3.02. The van der Waals surface area contributed by atoms with Crippen LogP contribution in [0.4, 0.5) is 11.5 Å². The zero-order chi connectivity index (χ0) is 14.9. The Labute approximate surface area is 113 Å². The first kappa shape index (κ1) is 14.2. The molecule has 0 radical (unpaired) electrons. The minimum atomic E-state index is -3.08. The van der Waals surface area contributed by atoms with E-state index in [0.29, 0.717) is 6.42 Å². The van der Waals surface area contributed by atoms with Gasteiger partial charge in [0.05, 0.1) is 16.4 Å². The van der Waals surface area contributed by atoms with Gasteiger partial charge in [0.1, 0.15) is 17.6 Å². The van der Waals surface area contributed by atoms with E-state index in [0.717, 1.165) is 12.3 Å². The standard InChI is InChI=1S/C10H11N3O6S/c14-10(15)7-3-9(11-4-8(7)13(16)17)12-6-1-2-20(18,19)5-6/h3-4,6H,1-2,5H2,(H,11,12)(H,14,15). The lowest BCUT2D eigenvalue weighted by atomic mass is 10.2. The van der Waals surface area contributed by atoms with E-state index in [9.17, 15) is 23.3 Å². The molecular weight excluding hydrogens is 290 g/mol. The maximum absolute atomic E-state index is 11.3. The van der Waals surface area contributed by atoms with Gasteiger partial charge >= 0.3 is 11.7 Å². The molecule has 0 aliphatic carbocycles. The van der Waals surface area contributed by atoms with Crippen LogP contribution in [0, 0.1) is 10.1 Å². The number of carboxylic acids is 1. The number of nitrogens with zero attached hydrogens (tertiary/aromatic N) is 2. The highest BCUT2D eigenvalue weighted by Gasteiger charge is 2.29. The van der Waals surface area contributed by atoms with Crippen molar-refractivity contribution in [3.05, 3.63) is 27.9 Å². The quantitative estimate of drug-likeness (QED) is 0.597. The van der Waals surface area contributed by atoms with Gasteiger partial charge in [0.25, 0.3) is 0 Å². The van der Waals surface area contributed by atoms with Crippen LogP contribution in [0.5, 0.6) is 0 Å². The topological polar surface area (TPSA) is 140 Å². The molecule has 0 amide bonds. The van der Waals surface area contributed by atoms with Crippen molar-refractivity contribution in [1.82, 2.24) is 4.98 Å². The summed E-state index contributed by atoms with van der Waals surface area (Å²) in [7, 11) is -3.08. The second-order valence-corrected chi connectivity index (χ2v) is 6.62. The van der Waals surface area contributed by atoms with Crippen molar-refractivity contribution in [3.63, 3.8) is 0 Å². The molecule has 0 bridgehead atoms. The largest absolute Gasteiger partial charge is 0.477 e. The van der Waals surface area contributed by atoms with Gasteiger partial charge in [-0.15, -0.1) is 0 Å². The van der Waals surface area contributed by atoms with Crippen LogP contribution in [-0.2, 0) is 9.84 Å². The molecule has 10 heteroatoms. The van der Waals surface area contributed by atoms with Crippen LogP contribution < -0.4 is 5.32 Å². The normalized spacial score (nSPS) is 20.5. The van der Waals surface area contributed by atoms with Crippen molar-refractivity contribution in [2.45, 2.75) is 12.5 Å². The molecule has 1 aromatic heterocycles. The number of nitro groups is 1. The lowest BCUT2D eigenvalue weighted by Crippen LogP contribution is -2.21. The summed E-state index contributed by atoms with van der Waals surface area (Å²) >= 11 is 0.